The van der Waals surface area contributed by atoms with Crippen molar-refractivity contribution in [3.63, 3.8) is 0 Å². The summed E-state index contributed by atoms with van der Waals surface area (Å²) in [6.07, 6.45) is 7.46. The van der Waals surface area contributed by atoms with Gasteiger partial charge < -0.3 is 10.4 Å². The summed E-state index contributed by atoms with van der Waals surface area (Å²) in [4.78, 5) is 12.7. The van der Waals surface area contributed by atoms with Gasteiger partial charge in [0.2, 0.25) is 5.91 Å². The fraction of sp³-hybridized carbons (Fsp3) is 0.938. The van der Waals surface area contributed by atoms with Crippen molar-refractivity contribution in [3.05, 3.63) is 0 Å². The molecule has 0 saturated heterocycles. The van der Waals surface area contributed by atoms with Gasteiger partial charge in [0.1, 0.15) is 0 Å². The average Bonchev–Trinajstić information content (AvgIpc) is 2.34. The Labute approximate surface area is 116 Å². The van der Waals surface area contributed by atoms with Crippen LogP contribution in [0.15, 0.2) is 0 Å². The Morgan fingerprint density at radius 3 is 2.05 bits per heavy atom. The molecule has 0 aromatic heterocycles. The first-order valence-electron chi connectivity index (χ1n) is 7.82. The normalized spacial score (nSPS) is 40.5. The maximum Gasteiger partial charge on any atom is 0.226 e. The van der Waals surface area contributed by atoms with E-state index in [0.29, 0.717) is 6.54 Å². The number of carbonyl (C=O) groups is 1. The minimum Gasteiger partial charge on any atom is -0.396 e. The van der Waals surface area contributed by atoms with Crippen molar-refractivity contribution in [3.8, 4) is 0 Å². The highest BCUT2D eigenvalue weighted by atomic mass is 16.3. The lowest BCUT2D eigenvalue weighted by Crippen LogP contribution is -2.54. The van der Waals surface area contributed by atoms with Crippen LogP contribution in [0.5, 0.6) is 0 Å². The molecule has 3 nitrogen and oxygen atoms in total. The molecule has 0 atom stereocenters. The van der Waals surface area contributed by atoms with Crippen LogP contribution in [0, 0.1) is 28.6 Å². The van der Waals surface area contributed by atoms with Crippen LogP contribution in [0.25, 0.3) is 0 Å². The number of amides is 1. The second kappa shape index (κ2) is 4.47. The molecule has 4 saturated carbocycles. The largest absolute Gasteiger partial charge is 0.396 e. The van der Waals surface area contributed by atoms with Crippen LogP contribution in [0.2, 0.25) is 0 Å². The zero-order valence-corrected chi connectivity index (χ0v) is 12.2. The standard InChI is InChI=1S/C16H27NO2/c1-15(2,10-18)9-17-14(19)16-6-11-3-12(7-16)5-13(4-11)8-16/h11-13,18H,3-10H2,1-2H3,(H,17,19). The molecule has 0 aromatic carbocycles. The third-order valence-corrected chi connectivity index (χ3v) is 5.68. The minimum absolute atomic E-state index is 0.0553. The smallest absolute Gasteiger partial charge is 0.226 e. The van der Waals surface area contributed by atoms with Crippen molar-refractivity contribution in [2.45, 2.75) is 52.4 Å². The predicted molar refractivity (Wildman–Crippen MR) is 74.5 cm³/mol. The lowest BCUT2D eigenvalue weighted by molar-refractivity contribution is -0.146. The minimum atomic E-state index is -0.210. The van der Waals surface area contributed by atoms with Crippen LogP contribution in [0.4, 0.5) is 0 Å². The molecule has 4 bridgehead atoms. The molecule has 4 fully saturated rings. The number of aliphatic hydroxyl groups is 1. The second-order valence-corrected chi connectivity index (χ2v) is 8.20. The van der Waals surface area contributed by atoms with Crippen molar-refractivity contribution >= 4 is 5.91 Å². The summed E-state index contributed by atoms with van der Waals surface area (Å²) in [7, 11) is 0. The first-order chi connectivity index (χ1) is 8.92. The number of aliphatic hydroxyl groups excluding tert-OH is 1. The molecule has 0 spiro atoms. The Morgan fingerprint density at radius 2 is 1.63 bits per heavy atom. The number of rotatable bonds is 4. The fourth-order valence-electron chi connectivity index (χ4n) is 4.95. The van der Waals surface area contributed by atoms with E-state index in [-0.39, 0.29) is 23.3 Å². The summed E-state index contributed by atoms with van der Waals surface area (Å²) in [5.74, 6) is 2.70. The van der Waals surface area contributed by atoms with E-state index in [1.807, 2.05) is 13.8 Å². The van der Waals surface area contributed by atoms with Gasteiger partial charge in [0.25, 0.3) is 0 Å². The van der Waals surface area contributed by atoms with Gasteiger partial charge in [-0.25, -0.2) is 0 Å². The number of nitrogens with one attached hydrogen (secondary N) is 1. The van der Waals surface area contributed by atoms with Gasteiger partial charge in [-0.2, -0.15) is 0 Å². The van der Waals surface area contributed by atoms with Crippen molar-refractivity contribution in [2.24, 2.45) is 28.6 Å². The lowest BCUT2D eigenvalue weighted by Gasteiger charge is -2.55. The van der Waals surface area contributed by atoms with Gasteiger partial charge >= 0.3 is 0 Å². The van der Waals surface area contributed by atoms with Crippen LogP contribution >= 0.6 is 0 Å². The van der Waals surface area contributed by atoms with Gasteiger partial charge in [-0.05, 0) is 56.3 Å². The van der Waals surface area contributed by atoms with Gasteiger partial charge in [-0.15, -0.1) is 0 Å². The van der Waals surface area contributed by atoms with E-state index in [1.165, 1.54) is 19.3 Å². The summed E-state index contributed by atoms with van der Waals surface area (Å²) in [6.45, 7) is 4.69. The quantitative estimate of drug-likeness (QED) is 0.819. The van der Waals surface area contributed by atoms with Crippen molar-refractivity contribution < 1.29 is 9.90 Å². The van der Waals surface area contributed by atoms with Crippen LogP contribution in [0.3, 0.4) is 0 Å². The number of carbonyl (C=O) groups excluding carboxylic acids is 1. The first kappa shape index (κ1) is 13.4. The Bertz CT molecular complexity index is 340. The van der Waals surface area contributed by atoms with Crippen molar-refractivity contribution in [2.75, 3.05) is 13.2 Å². The van der Waals surface area contributed by atoms with Gasteiger partial charge in [0.15, 0.2) is 0 Å². The first-order valence-corrected chi connectivity index (χ1v) is 7.82. The summed E-state index contributed by atoms with van der Waals surface area (Å²) < 4.78 is 0. The molecule has 19 heavy (non-hydrogen) atoms. The van der Waals surface area contributed by atoms with E-state index in [1.54, 1.807) is 0 Å². The molecular weight excluding hydrogens is 238 g/mol. The van der Waals surface area contributed by atoms with Crippen LogP contribution in [-0.2, 0) is 4.79 Å². The lowest BCUT2D eigenvalue weighted by atomic mass is 9.49. The summed E-state index contributed by atoms with van der Waals surface area (Å²) in [5.41, 5.74) is -0.266. The van der Waals surface area contributed by atoms with Crippen molar-refractivity contribution in [1.29, 1.82) is 0 Å². The van der Waals surface area contributed by atoms with E-state index >= 15 is 0 Å². The van der Waals surface area contributed by atoms with E-state index in [2.05, 4.69) is 5.32 Å². The SMILES string of the molecule is CC(C)(CO)CNC(=O)C12CC3CC(CC(C3)C1)C2. The molecule has 4 aliphatic carbocycles. The second-order valence-electron chi connectivity index (χ2n) is 8.20. The van der Waals surface area contributed by atoms with E-state index in [9.17, 15) is 9.90 Å². The molecule has 0 unspecified atom stereocenters. The van der Waals surface area contributed by atoms with Crippen molar-refractivity contribution in [1.82, 2.24) is 5.32 Å². The number of hydrogen-bond acceptors (Lipinski definition) is 2. The molecule has 4 rings (SSSR count). The monoisotopic (exact) mass is 265 g/mol. The summed E-state index contributed by atoms with van der Waals surface area (Å²) in [5, 5.41) is 12.4. The van der Waals surface area contributed by atoms with Crippen LogP contribution in [0.1, 0.15) is 52.4 Å². The molecule has 0 aliphatic heterocycles. The summed E-state index contributed by atoms with van der Waals surface area (Å²) >= 11 is 0. The van der Waals surface area contributed by atoms with E-state index in [4.69, 9.17) is 0 Å². The molecule has 3 heteroatoms. The molecule has 108 valence electrons. The molecule has 0 radical (unpaired) electrons. The Hall–Kier alpha value is -0.570. The van der Waals surface area contributed by atoms with Gasteiger partial charge in [0.05, 0.1) is 0 Å². The molecule has 2 N–H and O–H groups in total. The average molecular weight is 265 g/mol. The maximum absolute atomic E-state index is 12.7. The highest BCUT2D eigenvalue weighted by molar-refractivity contribution is 5.83. The Morgan fingerprint density at radius 1 is 1.16 bits per heavy atom. The molecule has 0 aromatic rings. The fourth-order valence-corrected chi connectivity index (χ4v) is 4.95. The highest BCUT2D eigenvalue weighted by Crippen LogP contribution is 2.60. The third-order valence-electron chi connectivity index (χ3n) is 5.68. The van der Waals surface area contributed by atoms with E-state index in [0.717, 1.165) is 37.0 Å². The molecule has 1 amide bonds. The zero-order valence-electron chi connectivity index (χ0n) is 12.2. The maximum atomic E-state index is 12.7. The summed E-state index contributed by atoms with van der Waals surface area (Å²) in [6, 6.07) is 0. The Balaban J connectivity index is 1.66. The molecule has 4 aliphatic rings. The van der Waals surface area contributed by atoms with E-state index < -0.39 is 0 Å². The van der Waals surface area contributed by atoms with Crippen LogP contribution in [-0.4, -0.2) is 24.2 Å². The predicted octanol–water partition coefficient (Wildman–Crippen LogP) is 2.34. The highest BCUT2D eigenvalue weighted by Gasteiger charge is 2.54. The Kier molecular flexibility index (Phi) is 3.16. The zero-order chi connectivity index (χ0) is 13.7. The molecular formula is C16H27NO2. The van der Waals surface area contributed by atoms with Gasteiger partial charge in [-0.1, -0.05) is 13.8 Å². The van der Waals surface area contributed by atoms with Crippen LogP contribution < -0.4 is 5.32 Å². The van der Waals surface area contributed by atoms with Gasteiger partial charge in [-0.3, -0.25) is 4.79 Å². The topological polar surface area (TPSA) is 49.3 Å². The third kappa shape index (κ3) is 2.42. The molecule has 0 heterocycles. The van der Waals surface area contributed by atoms with Gasteiger partial charge in [0, 0.05) is 24.0 Å². The number of hydrogen-bond donors (Lipinski definition) is 2.